The van der Waals surface area contributed by atoms with Crippen molar-refractivity contribution < 1.29 is 12.8 Å². The lowest BCUT2D eigenvalue weighted by Gasteiger charge is -2.29. The molecule has 22 heavy (non-hydrogen) atoms. The zero-order chi connectivity index (χ0) is 16.9. The zero-order valence-corrected chi connectivity index (χ0v) is 13.9. The molecule has 0 radical (unpaired) electrons. The summed E-state index contributed by atoms with van der Waals surface area (Å²) in [5, 5.41) is 0. The highest BCUT2D eigenvalue weighted by molar-refractivity contribution is 7.91. The Kier molecular flexibility index (Phi) is 3.73. The van der Waals surface area contributed by atoms with Crippen LogP contribution in [0, 0.1) is 5.82 Å². The van der Waals surface area contributed by atoms with Crippen LogP contribution in [0.1, 0.15) is 26.3 Å². The van der Waals surface area contributed by atoms with Gasteiger partial charge in [-0.3, -0.25) is 4.99 Å². The van der Waals surface area contributed by atoms with Crippen molar-refractivity contribution in [3.05, 3.63) is 29.6 Å². The Hall–Kier alpha value is -1.67. The molecule has 2 rings (SSSR count). The number of nitrogen functional groups attached to an aromatic ring is 1. The smallest absolute Gasteiger partial charge is 0.226 e. The van der Waals surface area contributed by atoms with Crippen LogP contribution in [0.25, 0.3) is 0 Å². The summed E-state index contributed by atoms with van der Waals surface area (Å²) in [5.41, 5.74) is 11.1. The standard InChI is InChI=1S/C14H21FN4O2S/c1-13(2)12(17)18-14(3,8-19(4)22(13,20)21)10-7-9(16)5-6-11(10)15/h5-7H,8,16H2,1-4H3,(H2,17,18)/t14-/m0/s1. The SMILES string of the molecule is CN1C[C@@](C)(c2cc(N)ccc2F)N=C(N)C(C)(C)S1(=O)=O. The minimum atomic E-state index is -3.70. The second-order valence-electron chi connectivity index (χ2n) is 6.28. The van der Waals surface area contributed by atoms with Gasteiger partial charge in [-0.25, -0.2) is 17.1 Å². The van der Waals surface area contributed by atoms with E-state index in [-0.39, 0.29) is 17.9 Å². The van der Waals surface area contributed by atoms with E-state index in [4.69, 9.17) is 11.5 Å². The number of anilines is 1. The first-order valence-electron chi connectivity index (χ1n) is 6.79. The molecule has 0 bridgehead atoms. The van der Waals surface area contributed by atoms with Gasteiger partial charge in [-0.15, -0.1) is 0 Å². The quantitative estimate of drug-likeness (QED) is 0.752. The van der Waals surface area contributed by atoms with Crippen LogP contribution in [-0.2, 0) is 15.6 Å². The van der Waals surface area contributed by atoms with Crippen molar-refractivity contribution >= 4 is 21.5 Å². The summed E-state index contributed by atoms with van der Waals surface area (Å²) in [5.74, 6) is -0.556. The van der Waals surface area contributed by atoms with Crippen LogP contribution in [0.2, 0.25) is 0 Å². The predicted molar refractivity (Wildman–Crippen MR) is 85.4 cm³/mol. The van der Waals surface area contributed by atoms with E-state index >= 15 is 0 Å². The summed E-state index contributed by atoms with van der Waals surface area (Å²) in [6.07, 6.45) is 0. The van der Waals surface area contributed by atoms with E-state index < -0.39 is 26.1 Å². The number of halogens is 1. The van der Waals surface area contributed by atoms with Crippen LogP contribution in [0.3, 0.4) is 0 Å². The van der Waals surface area contributed by atoms with Crippen molar-refractivity contribution in [2.45, 2.75) is 31.1 Å². The average Bonchev–Trinajstić information content (AvgIpc) is 2.43. The zero-order valence-electron chi connectivity index (χ0n) is 13.1. The molecule has 1 aromatic carbocycles. The van der Waals surface area contributed by atoms with Crippen LogP contribution < -0.4 is 11.5 Å². The number of hydrogen-bond donors (Lipinski definition) is 2. The topological polar surface area (TPSA) is 102 Å². The van der Waals surface area contributed by atoms with Gasteiger partial charge in [0, 0.05) is 24.8 Å². The van der Waals surface area contributed by atoms with Crippen molar-refractivity contribution in [1.82, 2.24) is 4.31 Å². The number of likely N-dealkylation sites (N-methyl/N-ethyl adjacent to an activating group) is 1. The first-order chi connectivity index (χ1) is 9.92. The van der Waals surface area contributed by atoms with Gasteiger partial charge in [0.15, 0.2) is 0 Å². The van der Waals surface area contributed by atoms with E-state index in [1.54, 1.807) is 6.92 Å². The molecule has 0 spiro atoms. The molecular weight excluding hydrogens is 307 g/mol. The van der Waals surface area contributed by atoms with E-state index in [0.29, 0.717) is 5.69 Å². The number of aliphatic imine (C=N–C) groups is 1. The summed E-state index contributed by atoms with van der Waals surface area (Å²) in [6, 6.07) is 4.15. The highest BCUT2D eigenvalue weighted by Gasteiger charge is 2.48. The third kappa shape index (κ3) is 2.36. The molecule has 122 valence electrons. The molecule has 0 saturated carbocycles. The van der Waals surface area contributed by atoms with Gasteiger partial charge in [0.05, 0.1) is 0 Å². The Labute approximate surface area is 130 Å². The molecule has 0 fully saturated rings. The van der Waals surface area contributed by atoms with Gasteiger partial charge in [-0.05, 0) is 39.0 Å². The molecule has 4 N–H and O–H groups in total. The molecule has 1 atom stereocenters. The second-order valence-corrected chi connectivity index (χ2v) is 8.88. The van der Waals surface area contributed by atoms with E-state index in [0.717, 1.165) is 0 Å². The van der Waals surface area contributed by atoms with Gasteiger partial charge in [0.1, 0.15) is 21.9 Å². The monoisotopic (exact) mass is 328 g/mol. The van der Waals surface area contributed by atoms with Crippen LogP contribution in [-0.4, -0.2) is 36.9 Å². The Morgan fingerprint density at radius 3 is 2.45 bits per heavy atom. The number of hydrogen-bond acceptors (Lipinski definition) is 5. The Morgan fingerprint density at radius 1 is 1.27 bits per heavy atom. The molecule has 0 aromatic heterocycles. The average molecular weight is 328 g/mol. The number of sulfonamides is 1. The summed E-state index contributed by atoms with van der Waals surface area (Å²) >= 11 is 0. The molecule has 1 aliphatic heterocycles. The Morgan fingerprint density at radius 2 is 1.86 bits per heavy atom. The van der Waals surface area contributed by atoms with Crippen LogP contribution in [0.15, 0.2) is 23.2 Å². The van der Waals surface area contributed by atoms with Crippen LogP contribution >= 0.6 is 0 Å². The lowest BCUT2D eigenvalue weighted by Crippen LogP contribution is -2.50. The molecular formula is C14H21FN4O2S. The van der Waals surface area contributed by atoms with Gasteiger partial charge in [-0.2, -0.15) is 0 Å². The Bertz CT molecular complexity index is 745. The number of benzene rings is 1. The molecule has 0 aliphatic carbocycles. The fourth-order valence-electron chi connectivity index (χ4n) is 2.58. The molecule has 0 unspecified atom stereocenters. The first kappa shape index (κ1) is 16.7. The number of nitrogens with zero attached hydrogens (tertiary/aromatic N) is 2. The summed E-state index contributed by atoms with van der Waals surface area (Å²) in [7, 11) is -2.27. The van der Waals surface area contributed by atoms with Crippen molar-refractivity contribution in [3.63, 3.8) is 0 Å². The van der Waals surface area contributed by atoms with Gasteiger partial charge in [0.25, 0.3) is 0 Å². The number of rotatable bonds is 1. The van der Waals surface area contributed by atoms with E-state index in [1.807, 2.05) is 0 Å². The highest BCUT2D eigenvalue weighted by Crippen LogP contribution is 2.36. The number of amidine groups is 1. The predicted octanol–water partition coefficient (Wildman–Crippen LogP) is 1.03. The summed E-state index contributed by atoms with van der Waals surface area (Å²) in [6.45, 7) is 4.59. The molecule has 1 aromatic rings. The largest absolute Gasteiger partial charge is 0.399 e. The molecule has 0 amide bonds. The normalized spacial score (nSPS) is 28.0. The Balaban J connectivity index is 2.71. The highest BCUT2D eigenvalue weighted by atomic mass is 32.2. The maximum absolute atomic E-state index is 14.2. The number of nitrogens with two attached hydrogens (primary N) is 2. The molecule has 0 saturated heterocycles. The third-order valence-corrected chi connectivity index (χ3v) is 6.59. The van der Waals surface area contributed by atoms with E-state index in [2.05, 4.69) is 4.99 Å². The summed E-state index contributed by atoms with van der Waals surface area (Å²) < 4.78 is 39.2. The first-order valence-corrected chi connectivity index (χ1v) is 8.23. The van der Waals surface area contributed by atoms with Crippen molar-refractivity contribution in [2.75, 3.05) is 19.3 Å². The van der Waals surface area contributed by atoms with E-state index in [9.17, 15) is 12.8 Å². The third-order valence-electron chi connectivity index (χ3n) is 4.14. The lowest BCUT2D eigenvalue weighted by atomic mass is 9.91. The van der Waals surface area contributed by atoms with Gasteiger partial charge in [0.2, 0.25) is 10.0 Å². The van der Waals surface area contributed by atoms with Gasteiger partial charge in [-0.1, -0.05) is 0 Å². The van der Waals surface area contributed by atoms with Crippen molar-refractivity contribution in [1.29, 1.82) is 0 Å². The molecule has 1 heterocycles. The summed E-state index contributed by atoms with van der Waals surface area (Å²) in [4.78, 5) is 4.36. The molecule has 1 aliphatic rings. The van der Waals surface area contributed by atoms with Crippen LogP contribution in [0.4, 0.5) is 10.1 Å². The maximum Gasteiger partial charge on any atom is 0.226 e. The van der Waals surface area contributed by atoms with Gasteiger partial charge >= 0.3 is 0 Å². The second kappa shape index (κ2) is 4.92. The molecule has 6 nitrogen and oxygen atoms in total. The minimum Gasteiger partial charge on any atom is -0.399 e. The van der Waals surface area contributed by atoms with Crippen molar-refractivity contribution in [3.8, 4) is 0 Å². The minimum absolute atomic E-state index is 0.0279. The lowest BCUT2D eigenvalue weighted by molar-refractivity contribution is 0.355. The molecule has 8 heteroatoms. The fraction of sp³-hybridized carbons (Fsp3) is 0.500. The van der Waals surface area contributed by atoms with Crippen LogP contribution in [0.5, 0.6) is 0 Å². The van der Waals surface area contributed by atoms with Gasteiger partial charge < -0.3 is 11.5 Å². The van der Waals surface area contributed by atoms with Crippen molar-refractivity contribution in [2.24, 2.45) is 10.7 Å². The van der Waals surface area contributed by atoms with E-state index in [1.165, 1.54) is 43.4 Å². The fourth-order valence-corrected chi connectivity index (χ4v) is 4.09. The maximum atomic E-state index is 14.2.